The van der Waals surface area contributed by atoms with E-state index in [0.29, 0.717) is 13.0 Å². The zero-order valence-corrected chi connectivity index (χ0v) is 10.6. The predicted molar refractivity (Wildman–Crippen MR) is 67.8 cm³/mol. The van der Waals surface area contributed by atoms with Crippen LogP contribution >= 0.6 is 0 Å². The van der Waals surface area contributed by atoms with E-state index in [1.54, 1.807) is 0 Å². The van der Waals surface area contributed by atoms with Crippen molar-refractivity contribution in [3.05, 3.63) is 0 Å². The van der Waals surface area contributed by atoms with Crippen LogP contribution in [0.15, 0.2) is 0 Å². The van der Waals surface area contributed by atoms with Crippen LogP contribution in [0.4, 0.5) is 0 Å². The molecule has 2 saturated heterocycles. The van der Waals surface area contributed by atoms with Crippen LogP contribution in [0.1, 0.15) is 25.7 Å². The highest BCUT2D eigenvalue weighted by Gasteiger charge is 2.31. The minimum atomic E-state index is -0.336. The SMILES string of the molecule is N[C@@H]1CC[C@@H](C(=O)NC2CCNCC2)N(C=O)C1. The molecule has 2 rings (SSSR count). The number of nitrogens with one attached hydrogen (secondary N) is 2. The van der Waals surface area contributed by atoms with Gasteiger partial charge < -0.3 is 21.3 Å². The highest BCUT2D eigenvalue weighted by atomic mass is 16.2. The third-order valence-electron chi connectivity index (χ3n) is 3.78. The molecule has 0 aromatic rings. The summed E-state index contributed by atoms with van der Waals surface area (Å²) in [5.74, 6) is -0.0269. The van der Waals surface area contributed by atoms with E-state index >= 15 is 0 Å². The average Bonchev–Trinajstić information content (AvgIpc) is 2.39. The van der Waals surface area contributed by atoms with Gasteiger partial charge >= 0.3 is 0 Å². The van der Waals surface area contributed by atoms with Crippen LogP contribution in [-0.4, -0.2) is 55.0 Å². The molecule has 102 valence electrons. The van der Waals surface area contributed by atoms with Crippen molar-refractivity contribution < 1.29 is 9.59 Å². The monoisotopic (exact) mass is 254 g/mol. The maximum absolute atomic E-state index is 12.2. The van der Waals surface area contributed by atoms with Gasteiger partial charge in [-0.1, -0.05) is 0 Å². The van der Waals surface area contributed by atoms with Crippen molar-refractivity contribution in [2.45, 2.75) is 43.8 Å². The number of nitrogens with two attached hydrogens (primary N) is 1. The Hall–Kier alpha value is -1.14. The first-order valence-electron chi connectivity index (χ1n) is 6.68. The number of rotatable bonds is 3. The smallest absolute Gasteiger partial charge is 0.243 e. The van der Waals surface area contributed by atoms with E-state index in [4.69, 9.17) is 5.73 Å². The van der Waals surface area contributed by atoms with E-state index in [1.165, 1.54) is 4.90 Å². The largest absolute Gasteiger partial charge is 0.351 e. The van der Waals surface area contributed by atoms with Crippen molar-refractivity contribution in [3.63, 3.8) is 0 Å². The maximum atomic E-state index is 12.2. The molecule has 18 heavy (non-hydrogen) atoms. The summed E-state index contributed by atoms with van der Waals surface area (Å²) in [4.78, 5) is 24.7. The molecule has 0 aromatic heterocycles. The number of amides is 2. The van der Waals surface area contributed by atoms with Crippen LogP contribution in [0.2, 0.25) is 0 Å². The Balaban J connectivity index is 1.88. The molecule has 2 fully saturated rings. The molecule has 0 aliphatic carbocycles. The fourth-order valence-electron chi connectivity index (χ4n) is 2.69. The van der Waals surface area contributed by atoms with Gasteiger partial charge in [0.05, 0.1) is 0 Å². The van der Waals surface area contributed by atoms with Crippen LogP contribution in [0.3, 0.4) is 0 Å². The molecule has 2 heterocycles. The summed E-state index contributed by atoms with van der Waals surface area (Å²) in [6, 6.07) is -0.0989. The minimum Gasteiger partial charge on any atom is -0.351 e. The summed E-state index contributed by atoms with van der Waals surface area (Å²) < 4.78 is 0. The number of likely N-dealkylation sites (tertiary alicyclic amines) is 1. The summed E-state index contributed by atoms with van der Waals surface area (Å²) >= 11 is 0. The lowest BCUT2D eigenvalue weighted by molar-refractivity contribution is -0.135. The van der Waals surface area contributed by atoms with Crippen molar-refractivity contribution in [2.24, 2.45) is 5.73 Å². The minimum absolute atomic E-state index is 0.00173. The van der Waals surface area contributed by atoms with Gasteiger partial charge in [0, 0.05) is 18.6 Å². The van der Waals surface area contributed by atoms with Crippen molar-refractivity contribution >= 4 is 12.3 Å². The van der Waals surface area contributed by atoms with Crippen molar-refractivity contribution in [1.29, 1.82) is 0 Å². The summed E-state index contributed by atoms with van der Waals surface area (Å²) in [5, 5.41) is 6.31. The van der Waals surface area contributed by atoms with Gasteiger partial charge in [-0.25, -0.2) is 0 Å². The lowest BCUT2D eigenvalue weighted by atomic mass is 9.98. The van der Waals surface area contributed by atoms with Crippen molar-refractivity contribution in [2.75, 3.05) is 19.6 Å². The average molecular weight is 254 g/mol. The zero-order valence-electron chi connectivity index (χ0n) is 10.6. The van der Waals surface area contributed by atoms with Gasteiger partial charge in [0.25, 0.3) is 0 Å². The van der Waals surface area contributed by atoms with Gasteiger partial charge in [-0.05, 0) is 38.8 Å². The molecule has 2 atom stereocenters. The van der Waals surface area contributed by atoms with E-state index in [0.717, 1.165) is 38.8 Å². The predicted octanol–water partition coefficient (Wildman–Crippen LogP) is -1.20. The number of piperidine rings is 2. The van der Waals surface area contributed by atoms with Crippen LogP contribution in [-0.2, 0) is 9.59 Å². The zero-order chi connectivity index (χ0) is 13.0. The van der Waals surface area contributed by atoms with Crippen LogP contribution in [0, 0.1) is 0 Å². The highest BCUT2D eigenvalue weighted by Crippen LogP contribution is 2.15. The highest BCUT2D eigenvalue weighted by molar-refractivity contribution is 5.84. The second-order valence-electron chi connectivity index (χ2n) is 5.19. The Morgan fingerprint density at radius 3 is 2.67 bits per heavy atom. The van der Waals surface area contributed by atoms with Gasteiger partial charge in [-0.15, -0.1) is 0 Å². The van der Waals surface area contributed by atoms with Gasteiger partial charge in [0.2, 0.25) is 12.3 Å². The quantitative estimate of drug-likeness (QED) is 0.552. The third-order valence-corrected chi connectivity index (χ3v) is 3.78. The molecule has 0 unspecified atom stereocenters. The first-order chi connectivity index (χ1) is 8.70. The molecule has 2 aliphatic heterocycles. The molecule has 2 amide bonds. The fourth-order valence-corrected chi connectivity index (χ4v) is 2.69. The lowest BCUT2D eigenvalue weighted by Gasteiger charge is -2.36. The lowest BCUT2D eigenvalue weighted by Crippen LogP contribution is -2.56. The normalized spacial score (nSPS) is 29.9. The number of hydrogen-bond donors (Lipinski definition) is 3. The molecule has 2 aliphatic rings. The van der Waals surface area contributed by atoms with E-state index in [-0.39, 0.29) is 24.0 Å². The van der Waals surface area contributed by atoms with Gasteiger partial charge in [0.1, 0.15) is 6.04 Å². The Morgan fingerprint density at radius 1 is 1.28 bits per heavy atom. The standard InChI is InChI=1S/C12H22N4O2/c13-9-1-2-11(16(7-9)8-17)12(18)15-10-3-5-14-6-4-10/h8-11,14H,1-7,13H2,(H,15,18)/t9-,11+/m1/s1. The number of hydrogen-bond acceptors (Lipinski definition) is 4. The van der Waals surface area contributed by atoms with E-state index in [2.05, 4.69) is 10.6 Å². The first-order valence-corrected chi connectivity index (χ1v) is 6.68. The maximum Gasteiger partial charge on any atom is 0.243 e. The van der Waals surface area contributed by atoms with E-state index in [1.807, 2.05) is 0 Å². The summed E-state index contributed by atoms with van der Waals surface area (Å²) in [7, 11) is 0. The van der Waals surface area contributed by atoms with Gasteiger partial charge in [-0.3, -0.25) is 9.59 Å². The van der Waals surface area contributed by atoms with E-state index < -0.39 is 0 Å². The molecular formula is C12H22N4O2. The van der Waals surface area contributed by atoms with E-state index in [9.17, 15) is 9.59 Å². The summed E-state index contributed by atoms with van der Waals surface area (Å²) in [5.41, 5.74) is 5.81. The molecule has 6 heteroatoms. The molecule has 0 saturated carbocycles. The summed E-state index contributed by atoms with van der Waals surface area (Å²) in [6.45, 7) is 2.36. The molecular weight excluding hydrogens is 232 g/mol. The number of nitrogens with zero attached hydrogens (tertiary/aromatic N) is 1. The first kappa shape index (κ1) is 13.3. The molecule has 0 aromatic carbocycles. The second kappa shape index (κ2) is 6.15. The molecule has 6 nitrogen and oxygen atoms in total. The molecule has 0 spiro atoms. The summed E-state index contributed by atoms with van der Waals surface area (Å²) in [6.07, 6.45) is 4.12. The Morgan fingerprint density at radius 2 is 2.00 bits per heavy atom. The number of carbonyl (C=O) groups is 2. The molecule has 4 N–H and O–H groups in total. The van der Waals surface area contributed by atoms with Gasteiger partial charge in [0.15, 0.2) is 0 Å². The second-order valence-corrected chi connectivity index (χ2v) is 5.19. The van der Waals surface area contributed by atoms with Crippen LogP contribution in [0.5, 0.6) is 0 Å². The topological polar surface area (TPSA) is 87.5 Å². The van der Waals surface area contributed by atoms with Crippen LogP contribution < -0.4 is 16.4 Å². The van der Waals surface area contributed by atoms with Crippen LogP contribution in [0.25, 0.3) is 0 Å². The molecule has 0 bridgehead atoms. The molecule has 0 radical (unpaired) electrons. The number of carbonyl (C=O) groups excluding carboxylic acids is 2. The van der Waals surface area contributed by atoms with Gasteiger partial charge in [-0.2, -0.15) is 0 Å². The fraction of sp³-hybridized carbons (Fsp3) is 0.833. The third kappa shape index (κ3) is 3.20. The Labute approximate surface area is 107 Å². The Kier molecular flexibility index (Phi) is 4.54. The van der Waals surface area contributed by atoms with Crippen molar-refractivity contribution in [1.82, 2.24) is 15.5 Å². The Bertz CT molecular complexity index is 304. The van der Waals surface area contributed by atoms with Crippen molar-refractivity contribution in [3.8, 4) is 0 Å².